The molecule has 0 saturated heterocycles. The summed E-state index contributed by atoms with van der Waals surface area (Å²) < 4.78 is 6.03. The molecule has 0 aromatic heterocycles. The summed E-state index contributed by atoms with van der Waals surface area (Å²) in [7, 11) is 0. The quantitative estimate of drug-likeness (QED) is 0.313. The zero-order chi connectivity index (χ0) is 22.2. The van der Waals surface area contributed by atoms with E-state index in [0.29, 0.717) is 5.17 Å². The first kappa shape index (κ1) is 24.9. The highest BCUT2D eigenvalue weighted by Gasteiger charge is 2.41. The topological polar surface area (TPSA) is 53.5 Å². The van der Waals surface area contributed by atoms with Crippen LogP contribution in [0.1, 0.15) is 78.2 Å². The van der Waals surface area contributed by atoms with Crippen molar-refractivity contribution in [3.05, 3.63) is 29.8 Å². The Labute approximate surface area is 193 Å². The van der Waals surface area contributed by atoms with Gasteiger partial charge < -0.3 is 20.5 Å². The van der Waals surface area contributed by atoms with E-state index in [-0.39, 0.29) is 22.0 Å². The van der Waals surface area contributed by atoms with E-state index in [1.807, 2.05) is 12.1 Å². The molecule has 30 heavy (non-hydrogen) atoms. The summed E-state index contributed by atoms with van der Waals surface area (Å²) in [4.78, 5) is 0. The van der Waals surface area contributed by atoms with Gasteiger partial charge >= 0.3 is 0 Å². The van der Waals surface area contributed by atoms with Crippen molar-refractivity contribution in [2.24, 2.45) is 10.8 Å². The molecule has 1 saturated carbocycles. The van der Waals surface area contributed by atoms with Gasteiger partial charge in [-0.25, -0.2) is 0 Å². The number of thiocarbonyl (C=S) groups is 2. The molecule has 1 aliphatic rings. The Morgan fingerprint density at radius 2 is 1.87 bits per heavy atom. The van der Waals surface area contributed by atoms with Gasteiger partial charge in [-0.3, -0.25) is 0 Å². The number of nitrogens with one attached hydrogen (secondary N) is 2. The third kappa shape index (κ3) is 8.38. The second kappa shape index (κ2) is 11.3. The van der Waals surface area contributed by atoms with Crippen molar-refractivity contribution in [2.75, 3.05) is 6.54 Å². The third-order valence-electron chi connectivity index (χ3n) is 5.91. The average Bonchev–Trinajstić information content (AvgIpc) is 2.63. The maximum absolute atomic E-state index is 9.51. The van der Waals surface area contributed by atoms with Crippen LogP contribution in [0, 0.1) is 10.8 Å². The second-order valence-electron chi connectivity index (χ2n) is 9.87. The summed E-state index contributed by atoms with van der Waals surface area (Å²) in [5.74, 6) is 0.853. The van der Waals surface area contributed by atoms with Gasteiger partial charge in [0.1, 0.15) is 5.75 Å². The van der Waals surface area contributed by atoms with E-state index in [1.54, 1.807) is 0 Å². The molecule has 1 aliphatic carbocycles. The molecule has 0 aliphatic heterocycles. The number of para-hydroxylation sites is 1. The lowest BCUT2D eigenvalue weighted by atomic mass is 9.62. The van der Waals surface area contributed by atoms with Crippen molar-refractivity contribution in [1.82, 2.24) is 10.6 Å². The zero-order valence-electron chi connectivity index (χ0n) is 18.9. The molecule has 0 heterocycles. The van der Waals surface area contributed by atoms with E-state index in [4.69, 9.17) is 29.2 Å². The fraction of sp³-hybridized carbons (Fsp3) is 0.667. The highest BCUT2D eigenvalue weighted by Crippen LogP contribution is 2.45. The molecule has 2 atom stereocenters. The number of rotatable bonds is 9. The SMILES string of the molecule is CCCCCCc1ccccc1OC(=S)NCC1(C)CC(NC(O)=S)CC(C)(C)C1. The van der Waals surface area contributed by atoms with Gasteiger partial charge in [0.05, 0.1) is 0 Å². The van der Waals surface area contributed by atoms with Gasteiger partial charge in [-0.2, -0.15) is 0 Å². The molecule has 1 aromatic carbocycles. The average molecular weight is 451 g/mol. The summed E-state index contributed by atoms with van der Waals surface area (Å²) in [6.45, 7) is 9.75. The minimum absolute atomic E-state index is 0.0251. The van der Waals surface area contributed by atoms with Crippen molar-refractivity contribution in [3.63, 3.8) is 0 Å². The van der Waals surface area contributed by atoms with E-state index >= 15 is 0 Å². The van der Waals surface area contributed by atoms with Crippen LogP contribution in [0.3, 0.4) is 0 Å². The third-order valence-corrected chi connectivity index (χ3v) is 6.25. The van der Waals surface area contributed by atoms with Crippen molar-refractivity contribution < 1.29 is 9.84 Å². The Morgan fingerprint density at radius 1 is 1.13 bits per heavy atom. The van der Waals surface area contributed by atoms with Gasteiger partial charge in [-0.15, -0.1) is 0 Å². The van der Waals surface area contributed by atoms with Crippen LogP contribution in [-0.2, 0) is 6.42 Å². The standard InChI is InChI=1S/C24H38N2O2S2/c1-5-6-7-8-11-18-12-9-10-13-20(18)28-22(30)25-17-24(4)15-19(26-21(27)29)14-23(2,3)16-24/h9-10,12-13,19H,5-8,11,14-17H2,1-4H3,(H,25,30)(H2,26,27,29). The number of ether oxygens (including phenoxy) is 1. The Balaban J connectivity index is 1.93. The highest BCUT2D eigenvalue weighted by atomic mass is 32.1. The monoisotopic (exact) mass is 450 g/mol. The molecule has 1 aromatic rings. The molecule has 3 N–H and O–H groups in total. The summed E-state index contributed by atoms with van der Waals surface area (Å²) in [5.41, 5.74) is 1.39. The summed E-state index contributed by atoms with van der Waals surface area (Å²) in [6.07, 6.45) is 8.91. The van der Waals surface area contributed by atoms with Crippen LogP contribution in [0.25, 0.3) is 0 Å². The minimum Gasteiger partial charge on any atom is -0.487 e. The smallest absolute Gasteiger partial charge is 0.262 e. The van der Waals surface area contributed by atoms with Crippen LogP contribution in [0.2, 0.25) is 0 Å². The van der Waals surface area contributed by atoms with Crippen molar-refractivity contribution >= 4 is 34.8 Å². The summed E-state index contributed by atoms with van der Waals surface area (Å²) >= 11 is 10.4. The fourth-order valence-corrected chi connectivity index (χ4v) is 5.35. The van der Waals surface area contributed by atoms with Crippen LogP contribution in [0.5, 0.6) is 5.75 Å². The maximum atomic E-state index is 9.51. The van der Waals surface area contributed by atoms with E-state index in [0.717, 1.165) is 38.0 Å². The van der Waals surface area contributed by atoms with E-state index in [9.17, 15) is 5.11 Å². The van der Waals surface area contributed by atoms with Gasteiger partial charge in [-0.1, -0.05) is 65.2 Å². The van der Waals surface area contributed by atoms with Gasteiger partial charge in [0, 0.05) is 12.6 Å². The maximum Gasteiger partial charge on any atom is 0.262 e. The Morgan fingerprint density at radius 3 is 2.57 bits per heavy atom. The first-order valence-corrected chi connectivity index (χ1v) is 12.0. The molecule has 2 unspecified atom stereocenters. The largest absolute Gasteiger partial charge is 0.487 e. The molecular formula is C24H38N2O2S2. The van der Waals surface area contributed by atoms with Gasteiger partial charge in [0.25, 0.3) is 10.3 Å². The Hall–Kier alpha value is -1.40. The van der Waals surface area contributed by atoms with Gasteiger partial charge in [0.15, 0.2) is 0 Å². The number of hydrogen-bond acceptors (Lipinski definition) is 3. The summed E-state index contributed by atoms with van der Waals surface area (Å²) in [5, 5.41) is 16.2. The number of aliphatic hydroxyl groups is 1. The lowest BCUT2D eigenvalue weighted by molar-refractivity contribution is 0.0785. The number of aryl methyl sites for hydroxylation is 1. The molecule has 6 heteroatoms. The molecular weight excluding hydrogens is 412 g/mol. The Bertz CT molecular complexity index is 723. The van der Waals surface area contributed by atoms with Crippen LogP contribution in [0.4, 0.5) is 0 Å². The van der Waals surface area contributed by atoms with Crippen LogP contribution in [-0.4, -0.2) is 28.0 Å². The van der Waals surface area contributed by atoms with Gasteiger partial charge in [0.2, 0.25) is 0 Å². The highest BCUT2D eigenvalue weighted by molar-refractivity contribution is 7.80. The number of benzene rings is 1. The predicted octanol–water partition coefficient (Wildman–Crippen LogP) is 6.08. The fourth-order valence-electron chi connectivity index (χ4n) is 5.02. The van der Waals surface area contributed by atoms with Crippen LogP contribution in [0.15, 0.2) is 24.3 Å². The lowest BCUT2D eigenvalue weighted by Gasteiger charge is -2.47. The molecule has 2 rings (SSSR count). The molecule has 1 fully saturated rings. The molecule has 168 valence electrons. The van der Waals surface area contributed by atoms with E-state index in [1.165, 1.54) is 31.2 Å². The second-order valence-corrected chi connectivity index (χ2v) is 10.6. The molecule has 0 bridgehead atoms. The molecule has 0 spiro atoms. The molecule has 0 radical (unpaired) electrons. The van der Waals surface area contributed by atoms with Crippen LogP contribution < -0.4 is 15.4 Å². The van der Waals surface area contributed by atoms with Crippen molar-refractivity contribution in [3.8, 4) is 5.75 Å². The molecule has 0 amide bonds. The summed E-state index contributed by atoms with van der Waals surface area (Å²) in [6, 6.07) is 8.34. The lowest BCUT2D eigenvalue weighted by Crippen LogP contribution is -2.50. The van der Waals surface area contributed by atoms with Crippen molar-refractivity contribution in [1.29, 1.82) is 0 Å². The van der Waals surface area contributed by atoms with Gasteiger partial charge in [-0.05, 0) is 79.0 Å². The van der Waals surface area contributed by atoms with E-state index in [2.05, 4.69) is 50.5 Å². The number of unbranched alkanes of at least 4 members (excludes halogenated alkanes) is 3. The zero-order valence-corrected chi connectivity index (χ0v) is 20.6. The van der Waals surface area contributed by atoms with Crippen LogP contribution >= 0.6 is 24.4 Å². The van der Waals surface area contributed by atoms with Crippen molar-refractivity contribution in [2.45, 2.75) is 85.1 Å². The predicted molar refractivity (Wildman–Crippen MR) is 133 cm³/mol. The number of hydrogen-bond donors (Lipinski definition) is 3. The molecule has 4 nitrogen and oxygen atoms in total. The first-order valence-electron chi connectivity index (χ1n) is 11.2. The first-order chi connectivity index (χ1) is 14.1. The normalized spacial score (nSPS) is 22.9. The van der Waals surface area contributed by atoms with E-state index < -0.39 is 0 Å². The Kier molecular flexibility index (Phi) is 9.35. The number of aliphatic hydroxyl groups excluding tert-OH is 1. The minimum atomic E-state index is -0.123.